The van der Waals surface area contributed by atoms with Crippen LogP contribution in [-0.4, -0.2) is 29.3 Å². The van der Waals surface area contributed by atoms with Crippen molar-refractivity contribution in [1.29, 1.82) is 0 Å². The van der Waals surface area contributed by atoms with Crippen LogP contribution < -0.4 is 10.1 Å². The standard InChI is InChI=1S/C19H25FN2O2/c1-4-24-15-7-5-14(6-8-15)17-10-9-16(20)18(22-17)11-21-19(12-23)13(2)3/h5-10,13,19,21,23H,4,11-12H2,1-3H3/t19-/m0/s1. The normalized spacial score (nSPS) is 12.4. The lowest BCUT2D eigenvalue weighted by molar-refractivity contribution is 0.209. The van der Waals surface area contributed by atoms with Gasteiger partial charge in [0.2, 0.25) is 0 Å². The molecule has 24 heavy (non-hydrogen) atoms. The summed E-state index contributed by atoms with van der Waals surface area (Å²) in [7, 11) is 0. The molecule has 2 rings (SSSR count). The smallest absolute Gasteiger partial charge is 0.146 e. The lowest BCUT2D eigenvalue weighted by atomic mass is 10.1. The van der Waals surface area contributed by atoms with Crippen molar-refractivity contribution in [2.45, 2.75) is 33.4 Å². The molecule has 0 aliphatic carbocycles. The van der Waals surface area contributed by atoms with E-state index < -0.39 is 0 Å². The number of hydrogen-bond donors (Lipinski definition) is 2. The van der Waals surface area contributed by atoms with Crippen LogP contribution in [0.5, 0.6) is 5.75 Å². The molecule has 5 heteroatoms. The van der Waals surface area contributed by atoms with Gasteiger partial charge in [-0.25, -0.2) is 9.37 Å². The average molecular weight is 332 g/mol. The van der Waals surface area contributed by atoms with Crippen molar-refractivity contribution in [2.24, 2.45) is 5.92 Å². The van der Waals surface area contributed by atoms with Gasteiger partial charge in [0, 0.05) is 18.2 Å². The number of aliphatic hydroxyl groups excluding tert-OH is 1. The molecule has 0 radical (unpaired) electrons. The summed E-state index contributed by atoms with van der Waals surface area (Å²) in [6, 6.07) is 10.6. The molecule has 1 atom stereocenters. The summed E-state index contributed by atoms with van der Waals surface area (Å²) in [5, 5.41) is 12.5. The maximum absolute atomic E-state index is 14.0. The van der Waals surface area contributed by atoms with Crippen molar-refractivity contribution >= 4 is 0 Å². The van der Waals surface area contributed by atoms with Gasteiger partial charge < -0.3 is 15.2 Å². The number of pyridine rings is 1. The fourth-order valence-corrected chi connectivity index (χ4v) is 2.40. The fraction of sp³-hybridized carbons (Fsp3) is 0.421. The third-order valence-corrected chi connectivity index (χ3v) is 3.91. The van der Waals surface area contributed by atoms with Crippen LogP contribution in [0.2, 0.25) is 0 Å². The van der Waals surface area contributed by atoms with Crippen LogP contribution in [0.1, 0.15) is 26.5 Å². The summed E-state index contributed by atoms with van der Waals surface area (Å²) in [6.45, 7) is 6.86. The second-order valence-electron chi connectivity index (χ2n) is 6.00. The van der Waals surface area contributed by atoms with Crippen molar-refractivity contribution < 1.29 is 14.2 Å². The van der Waals surface area contributed by atoms with Crippen LogP contribution in [0.15, 0.2) is 36.4 Å². The first kappa shape index (κ1) is 18.4. The molecule has 0 saturated heterocycles. The molecular formula is C19H25FN2O2. The molecular weight excluding hydrogens is 307 g/mol. The van der Waals surface area contributed by atoms with Gasteiger partial charge in [-0.05, 0) is 49.2 Å². The van der Waals surface area contributed by atoms with Crippen molar-refractivity contribution in [3.8, 4) is 17.0 Å². The van der Waals surface area contributed by atoms with E-state index in [0.29, 0.717) is 18.0 Å². The molecule has 0 aliphatic rings. The second kappa shape index (κ2) is 8.76. The molecule has 0 bridgehead atoms. The summed E-state index contributed by atoms with van der Waals surface area (Å²) < 4.78 is 19.4. The van der Waals surface area contributed by atoms with E-state index in [1.165, 1.54) is 6.07 Å². The molecule has 130 valence electrons. The van der Waals surface area contributed by atoms with E-state index in [1.807, 2.05) is 45.0 Å². The largest absolute Gasteiger partial charge is 0.494 e. The Morgan fingerprint density at radius 1 is 1.17 bits per heavy atom. The lowest BCUT2D eigenvalue weighted by Crippen LogP contribution is -2.36. The molecule has 1 heterocycles. The molecule has 1 aromatic heterocycles. The number of hydrogen-bond acceptors (Lipinski definition) is 4. The lowest BCUT2D eigenvalue weighted by Gasteiger charge is -2.20. The van der Waals surface area contributed by atoms with E-state index in [9.17, 15) is 9.50 Å². The molecule has 2 aromatic rings. The number of ether oxygens (including phenoxy) is 1. The minimum atomic E-state index is -0.349. The highest BCUT2D eigenvalue weighted by atomic mass is 19.1. The van der Waals surface area contributed by atoms with E-state index in [2.05, 4.69) is 10.3 Å². The first-order chi connectivity index (χ1) is 11.5. The van der Waals surface area contributed by atoms with Gasteiger partial charge in [0.25, 0.3) is 0 Å². The highest BCUT2D eigenvalue weighted by Crippen LogP contribution is 2.22. The van der Waals surface area contributed by atoms with Gasteiger partial charge in [0.05, 0.1) is 24.6 Å². The van der Waals surface area contributed by atoms with Gasteiger partial charge in [-0.3, -0.25) is 0 Å². The van der Waals surface area contributed by atoms with Crippen LogP contribution in [0.4, 0.5) is 4.39 Å². The molecule has 0 spiro atoms. The zero-order valence-electron chi connectivity index (χ0n) is 14.4. The molecule has 0 aliphatic heterocycles. The third-order valence-electron chi connectivity index (χ3n) is 3.91. The minimum Gasteiger partial charge on any atom is -0.494 e. The Labute approximate surface area is 142 Å². The van der Waals surface area contributed by atoms with Gasteiger partial charge in [0.15, 0.2) is 0 Å². The Bertz CT molecular complexity index is 644. The fourth-order valence-electron chi connectivity index (χ4n) is 2.40. The van der Waals surface area contributed by atoms with Gasteiger partial charge in [-0.1, -0.05) is 13.8 Å². The van der Waals surface area contributed by atoms with Crippen molar-refractivity contribution in [3.05, 3.63) is 47.9 Å². The third kappa shape index (κ3) is 4.76. The van der Waals surface area contributed by atoms with Gasteiger partial charge in [-0.15, -0.1) is 0 Å². The Balaban J connectivity index is 2.15. The molecule has 0 saturated carbocycles. The van der Waals surface area contributed by atoms with Gasteiger partial charge in [0.1, 0.15) is 11.6 Å². The first-order valence-electron chi connectivity index (χ1n) is 8.28. The Morgan fingerprint density at radius 3 is 2.46 bits per heavy atom. The number of aliphatic hydroxyl groups is 1. The van der Waals surface area contributed by atoms with Crippen LogP contribution in [0, 0.1) is 11.7 Å². The zero-order valence-corrected chi connectivity index (χ0v) is 14.4. The van der Waals surface area contributed by atoms with Crippen LogP contribution in [-0.2, 0) is 6.54 Å². The first-order valence-corrected chi connectivity index (χ1v) is 8.28. The highest BCUT2D eigenvalue weighted by molar-refractivity contribution is 5.60. The van der Waals surface area contributed by atoms with E-state index >= 15 is 0 Å². The molecule has 0 unspecified atom stereocenters. The Hall–Kier alpha value is -1.98. The SMILES string of the molecule is CCOc1ccc(-c2ccc(F)c(CN[C@@H](CO)C(C)C)n2)cc1. The quantitative estimate of drug-likeness (QED) is 0.778. The van der Waals surface area contributed by atoms with Crippen molar-refractivity contribution in [3.63, 3.8) is 0 Å². The summed E-state index contributed by atoms with van der Waals surface area (Å²) >= 11 is 0. The highest BCUT2D eigenvalue weighted by Gasteiger charge is 2.14. The molecule has 4 nitrogen and oxygen atoms in total. The maximum atomic E-state index is 14.0. The van der Waals surface area contributed by atoms with E-state index in [0.717, 1.165) is 11.3 Å². The monoisotopic (exact) mass is 332 g/mol. The molecule has 1 aromatic carbocycles. The number of rotatable bonds is 8. The van der Waals surface area contributed by atoms with Crippen molar-refractivity contribution in [2.75, 3.05) is 13.2 Å². The topological polar surface area (TPSA) is 54.4 Å². The summed E-state index contributed by atoms with van der Waals surface area (Å²) in [5.41, 5.74) is 1.96. The summed E-state index contributed by atoms with van der Waals surface area (Å²) in [5.74, 6) is 0.706. The number of nitrogens with one attached hydrogen (secondary N) is 1. The predicted molar refractivity (Wildman–Crippen MR) is 93.4 cm³/mol. The van der Waals surface area contributed by atoms with E-state index in [4.69, 9.17) is 4.74 Å². The summed E-state index contributed by atoms with van der Waals surface area (Å²) in [6.07, 6.45) is 0. The maximum Gasteiger partial charge on any atom is 0.146 e. The molecule has 2 N–H and O–H groups in total. The van der Waals surface area contributed by atoms with Gasteiger partial charge >= 0.3 is 0 Å². The number of halogens is 1. The van der Waals surface area contributed by atoms with E-state index in [1.54, 1.807) is 6.07 Å². The molecule has 0 amide bonds. The van der Waals surface area contributed by atoms with Crippen LogP contribution in [0.3, 0.4) is 0 Å². The predicted octanol–water partition coefficient (Wildman–Crippen LogP) is 3.39. The number of aromatic nitrogens is 1. The minimum absolute atomic E-state index is 0.0118. The Kier molecular flexibility index (Phi) is 6.70. The number of benzene rings is 1. The van der Waals surface area contributed by atoms with Crippen LogP contribution in [0.25, 0.3) is 11.3 Å². The molecule has 0 fully saturated rings. The second-order valence-corrected chi connectivity index (χ2v) is 6.00. The Morgan fingerprint density at radius 2 is 1.88 bits per heavy atom. The zero-order chi connectivity index (χ0) is 17.5. The summed E-state index contributed by atoms with van der Waals surface area (Å²) in [4.78, 5) is 4.42. The van der Waals surface area contributed by atoms with Crippen molar-refractivity contribution in [1.82, 2.24) is 10.3 Å². The van der Waals surface area contributed by atoms with Gasteiger partial charge in [-0.2, -0.15) is 0 Å². The number of nitrogens with zero attached hydrogens (tertiary/aromatic N) is 1. The van der Waals surface area contributed by atoms with E-state index in [-0.39, 0.29) is 30.9 Å². The average Bonchev–Trinajstić information content (AvgIpc) is 2.58. The van der Waals surface area contributed by atoms with Crippen LogP contribution >= 0.6 is 0 Å².